The quantitative estimate of drug-likeness (QED) is 0.726. The van der Waals surface area contributed by atoms with Gasteiger partial charge >= 0.3 is 0 Å². The molecule has 7 heteroatoms. The van der Waals surface area contributed by atoms with Gasteiger partial charge in [0.1, 0.15) is 4.88 Å². The molecule has 2 heterocycles. The van der Waals surface area contributed by atoms with Crippen molar-refractivity contribution in [3.05, 3.63) is 10.6 Å². The summed E-state index contributed by atoms with van der Waals surface area (Å²) in [6, 6.07) is 0.517. The third-order valence-corrected chi connectivity index (χ3v) is 6.06. The number of nitrogens with zero attached hydrogens (tertiary/aromatic N) is 2. The lowest BCUT2D eigenvalue weighted by molar-refractivity contribution is 0.0374. The summed E-state index contributed by atoms with van der Waals surface area (Å²) >= 11 is 1.49. The average Bonchev–Trinajstić information content (AvgIpc) is 3.00. The van der Waals surface area contributed by atoms with E-state index in [9.17, 15) is 4.79 Å². The van der Waals surface area contributed by atoms with Gasteiger partial charge in [0.15, 0.2) is 5.13 Å². The minimum absolute atomic E-state index is 0.00803. The number of morpholine rings is 1. The summed E-state index contributed by atoms with van der Waals surface area (Å²) < 4.78 is 5.35. The number of thiazole rings is 1. The van der Waals surface area contributed by atoms with E-state index >= 15 is 0 Å². The predicted molar refractivity (Wildman–Crippen MR) is 102 cm³/mol. The monoisotopic (exact) mass is 366 g/mol. The summed E-state index contributed by atoms with van der Waals surface area (Å²) in [6.45, 7) is 7.28. The number of amides is 1. The van der Waals surface area contributed by atoms with Gasteiger partial charge in [-0.25, -0.2) is 4.98 Å². The minimum Gasteiger partial charge on any atom is -0.379 e. The number of hydrogen-bond donors (Lipinski definition) is 2. The Morgan fingerprint density at radius 2 is 2.04 bits per heavy atom. The van der Waals surface area contributed by atoms with Gasteiger partial charge in [-0.15, -0.1) is 0 Å². The summed E-state index contributed by atoms with van der Waals surface area (Å²) in [6.07, 6.45) is 7.31. The van der Waals surface area contributed by atoms with Gasteiger partial charge in [-0.3, -0.25) is 9.69 Å². The van der Waals surface area contributed by atoms with Crippen LogP contribution < -0.4 is 10.6 Å². The van der Waals surface area contributed by atoms with Crippen LogP contribution in [0.4, 0.5) is 5.13 Å². The van der Waals surface area contributed by atoms with Crippen molar-refractivity contribution >= 4 is 22.4 Å². The Balaban J connectivity index is 1.41. The lowest BCUT2D eigenvalue weighted by Gasteiger charge is -2.26. The van der Waals surface area contributed by atoms with Crippen molar-refractivity contribution in [1.29, 1.82) is 0 Å². The van der Waals surface area contributed by atoms with Crippen molar-refractivity contribution < 1.29 is 9.53 Å². The SMILES string of the molecule is Cc1nc(NC2CCCCC2)sc1C(=O)NCCCN1CCOCC1. The largest absolute Gasteiger partial charge is 0.379 e. The Morgan fingerprint density at radius 1 is 1.28 bits per heavy atom. The molecule has 140 valence electrons. The highest BCUT2D eigenvalue weighted by Crippen LogP contribution is 2.26. The standard InChI is InChI=1S/C18H30N4O2S/c1-14-16(25-18(20-14)21-15-6-3-2-4-7-15)17(23)19-8-5-9-22-10-12-24-13-11-22/h15H,2-13H2,1H3,(H,19,23)(H,20,21). The van der Waals surface area contributed by atoms with E-state index in [2.05, 4.69) is 20.5 Å². The van der Waals surface area contributed by atoms with Crippen LogP contribution in [0.5, 0.6) is 0 Å². The van der Waals surface area contributed by atoms with Crippen LogP contribution >= 0.6 is 11.3 Å². The molecule has 2 fully saturated rings. The van der Waals surface area contributed by atoms with Crippen LogP contribution in [0.25, 0.3) is 0 Å². The third kappa shape index (κ3) is 5.66. The molecule has 1 amide bonds. The molecular formula is C18H30N4O2S. The number of ether oxygens (including phenoxy) is 1. The first-order valence-corrected chi connectivity index (χ1v) is 10.4. The lowest BCUT2D eigenvalue weighted by atomic mass is 9.96. The molecule has 6 nitrogen and oxygen atoms in total. The van der Waals surface area contributed by atoms with Crippen molar-refractivity contribution in [3.63, 3.8) is 0 Å². The van der Waals surface area contributed by atoms with Gasteiger partial charge < -0.3 is 15.4 Å². The zero-order chi connectivity index (χ0) is 17.5. The molecule has 0 bridgehead atoms. The molecule has 0 atom stereocenters. The number of carbonyl (C=O) groups excluding carboxylic acids is 1. The smallest absolute Gasteiger partial charge is 0.263 e. The molecule has 25 heavy (non-hydrogen) atoms. The summed E-state index contributed by atoms with van der Waals surface area (Å²) in [4.78, 5) is 20.1. The molecule has 1 saturated carbocycles. The van der Waals surface area contributed by atoms with Crippen molar-refractivity contribution in [3.8, 4) is 0 Å². The number of anilines is 1. The third-order valence-electron chi connectivity index (χ3n) is 4.98. The van der Waals surface area contributed by atoms with Gasteiger partial charge in [0.25, 0.3) is 5.91 Å². The number of aromatic nitrogens is 1. The molecular weight excluding hydrogens is 336 g/mol. The molecule has 3 rings (SSSR count). The van der Waals surface area contributed by atoms with Crippen LogP contribution in [0.3, 0.4) is 0 Å². The van der Waals surface area contributed by atoms with Crippen molar-refractivity contribution in [2.45, 2.75) is 51.5 Å². The van der Waals surface area contributed by atoms with E-state index in [1.165, 1.54) is 43.4 Å². The van der Waals surface area contributed by atoms with Gasteiger partial charge in [0, 0.05) is 25.7 Å². The van der Waals surface area contributed by atoms with Crippen LogP contribution in [0, 0.1) is 6.92 Å². The Bertz CT molecular complexity index is 551. The lowest BCUT2D eigenvalue weighted by Crippen LogP contribution is -2.38. The molecule has 1 aliphatic heterocycles. The van der Waals surface area contributed by atoms with Gasteiger partial charge in [0.2, 0.25) is 0 Å². The van der Waals surface area contributed by atoms with Gasteiger partial charge in [-0.2, -0.15) is 0 Å². The summed E-state index contributed by atoms with van der Waals surface area (Å²) in [5.74, 6) is 0.00803. The maximum Gasteiger partial charge on any atom is 0.263 e. The van der Waals surface area contributed by atoms with E-state index in [0.717, 1.165) is 55.0 Å². The maximum absolute atomic E-state index is 12.4. The van der Waals surface area contributed by atoms with Gasteiger partial charge in [-0.1, -0.05) is 30.6 Å². The predicted octanol–water partition coefficient (Wildman–Crippen LogP) is 2.65. The minimum atomic E-state index is 0.00803. The Kier molecular flexibility index (Phi) is 7.07. The summed E-state index contributed by atoms with van der Waals surface area (Å²) in [5.41, 5.74) is 0.828. The van der Waals surface area contributed by atoms with Crippen LogP contribution in [-0.2, 0) is 4.74 Å². The number of rotatable bonds is 7. The fourth-order valence-electron chi connectivity index (χ4n) is 3.50. The van der Waals surface area contributed by atoms with Crippen molar-refractivity contribution in [2.24, 2.45) is 0 Å². The second-order valence-corrected chi connectivity index (χ2v) is 7.98. The molecule has 1 aromatic heterocycles. The zero-order valence-electron chi connectivity index (χ0n) is 15.2. The van der Waals surface area contributed by atoms with E-state index in [-0.39, 0.29) is 5.91 Å². The molecule has 0 radical (unpaired) electrons. The number of nitrogens with one attached hydrogen (secondary N) is 2. The molecule has 0 unspecified atom stereocenters. The van der Waals surface area contributed by atoms with E-state index in [4.69, 9.17) is 4.74 Å². The molecule has 2 N–H and O–H groups in total. The highest BCUT2D eigenvalue weighted by molar-refractivity contribution is 7.17. The number of hydrogen-bond acceptors (Lipinski definition) is 6. The van der Waals surface area contributed by atoms with Gasteiger partial charge in [0.05, 0.1) is 18.9 Å². The number of carbonyl (C=O) groups is 1. The molecule has 2 aliphatic rings. The fraction of sp³-hybridized carbons (Fsp3) is 0.778. The highest BCUT2D eigenvalue weighted by Gasteiger charge is 2.19. The van der Waals surface area contributed by atoms with Crippen LogP contribution in [0.15, 0.2) is 0 Å². The maximum atomic E-state index is 12.4. The Morgan fingerprint density at radius 3 is 2.80 bits per heavy atom. The van der Waals surface area contributed by atoms with Gasteiger partial charge in [-0.05, 0) is 32.7 Å². The molecule has 0 spiro atoms. The molecule has 1 aromatic rings. The first-order valence-electron chi connectivity index (χ1n) is 9.54. The first-order chi connectivity index (χ1) is 12.2. The van der Waals surface area contributed by atoms with E-state index < -0.39 is 0 Å². The average molecular weight is 367 g/mol. The highest BCUT2D eigenvalue weighted by atomic mass is 32.1. The van der Waals surface area contributed by atoms with Crippen molar-refractivity contribution in [2.75, 3.05) is 44.7 Å². The normalized spacial score (nSPS) is 19.7. The Labute approximate surface area is 154 Å². The topological polar surface area (TPSA) is 66.5 Å². The number of aryl methyl sites for hydroxylation is 1. The Hall–Kier alpha value is -1.18. The second kappa shape index (κ2) is 9.50. The van der Waals surface area contributed by atoms with Crippen LogP contribution in [0.1, 0.15) is 53.9 Å². The van der Waals surface area contributed by atoms with Crippen molar-refractivity contribution in [1.82, 2.24) is 15.2 Å². The summed E-state index contributed by atoms with van der Waals surface area (Å²) in [5, 5.41) is 7.45. The summed E-state index contributed by atoms with van der Waals surface area (Å²) in [7, 11) is 0. The zero-order valence-corrected chi connectivity index (χ0v) is 16.0. The van der Waals surface area contributed by atoms with E-state index in [0.29, 0.717) is 12.6 Å². The molecule has 0 aromatic carbocycles. The molecule has 1 saturated heterocycles. The molecule has 1 aliphatic carbocycles. The van der Waals surface area contributed by atoms with E-state index in [1.54, 1.807) is 0 Å². The van der Waals surface area contributed by atoms with Crippen LogP contribution in [-0.4, -0.2) is 61.2 Å². The second-order valence-electron chi connectivity index (χ2n) is 6.98. The first kappa shape index (κ1) is 18.6. The van der Waals surface area contributed by atoms with Crippen LogP contribution in [0.2, 0.25) is 0 Å². The fourth-order valence-corrected chi connectivity index (χ4v) is 4.46. The van der Waals surface area contributed by atoms with E-state index in [1.807, 2.05) is 6.92 Å².